The number of fused-ring (bicyclic) bond motifs is 1. The molecule has 3 aliphatic carbocycles. The van der Waals surface area contributed by atoms with E-state index >= 15 is 0 Å². The number of halogens is 2. The SMILES string of the molecule is C/C=C/COc1c(F)cc(C2CCC(C3CCC4CC(OCC)CCC4C3)CC2)cc1F. The summed E-state index contributed by atoms with van der Waals surface area (Å²) in [5, 5.41) is 0. The highest BCUT2D eigenvalue weighted by molar-refractivity contribution is 5.33. The van der Waals surface area contributed by atoms with Crippen molar-refractivity contribution < 1.29 is 18.3 Å². The molecule has 2 nitrogen and oxygen atoms in total. The molecule has 32 heavy (non-hydrogen) atoms. The van der Waals surface area contributed by atoms with Crippen molar-refractivity contribution in [1.29, 1.82) is 0 Å². The summed E-state index contributed by atoms with van der Waals surface area (Å²) in [5.41, 5.74) is 0.801. The average Bonchev–Trinajstić information content (AvgIpc) is 2.81. The van der Waals surface area contributed by atoms with Crippen LogP contribution in [0.3, 0.4) is 0 Å². The maximum Gasteiger partial charge on any atom is 0.191 e. The van der Waals surface area contributed by atoms with Crippen molar-refractivity contribution >= 4 is 0 Å². The van der Waals surface area contributed by atoms with E-state index in [-0.39, 0.29) is 18.3 Å². The van der Waals surface area contributed by atoms with Crippen molar-refractivity contribution in [3.63, 3.8) is 0 Å². The third-order valence-corrected chi connectivity index (χ3v) is 8.50. The lowest BCUT2D eigenvalue weighted by Crippen LogP contribution is -2.36. The Bertz CT molecular complexity index is 746. The van der Waals surface area contributed by atoms with Gasteiger partial charge in [0.25, 0.3) is 0 Å². The first-order valence-electron chi connectivity index (χ1n) is 12.9. The van der Waals surface area contributed by atoms with Gasteiger partial charge < -0.3 is 9.47 Å². The summed E-state index contributed by atoms with van der Waals surface area (Å²) < 4.78 is 40.2. The van der Waals surface area contributed by atoms with E-state index in [1.54, 1.807) is 12.2 Å². The minimum atomic E-state index is -0.576. The fraction of sp³-hybridized carbons (Fsp3) is 0.714. The standard InChI is InChI=1S/C28H40F2O2/c1-3-5-14-32-28-26(29)17-24(18-27(28)30)20-8-6-19(7-9-20)21-10-11-23-16-25(31-4-2)13-12-22(23)15-21/h3,5,17-23,25H,4,6-16H2,1-2H3/b5-3+. The van der Waals surface area contributed by atoms with Crippen molar-refractivity contribution in [1.82, 2.24) is 0 Å². The Balaban J connectivity index is 1.29. The fourth-order valence-corrected chi connectivity index (χ4v) is 6.80. The van der Waals surface area contributed by atoms with Crippen molar-refractivity contribution in [3.8, 4) is 5.75 Å². The molecule has 4 heteroatoms. The molecule has 4 rings (SSSR count). The van der Waals surface area contributed by atoms with Crippen LogP contribution in [0.15, 0.2) is 24.3 Å². The van der Waals surface area contributed by atoms with E-state index < -0.39 is 11.6 Å². The van der Waals surface area contributed by atoms with Gasteiger partial charge in [0.05, 0.1) is 6.10 Å². The van der Waals surface area contributed by atoms with E-state index in [2.05, 4.69) is 6.92 Å². The summed E-state index contributed by atoms with van der Waals surface area (Å²) in [6.45, 7) is 4.99. The Hall–Kier alpha value is -1.42. The number of ether oxygens (including phenoxy) is 2. The van der Waals surface area contributed by atoms with E-state index in [1.807, 2.05) is 6.92 Å². The zero-order valence-corrected chi connectivity index (χ0v) is 19.8. The second-order valence-corrected chi connectivity index (χ2v) is 10.3. The lowest BCUT2D eigenvalue weighted by molar-refractivity contribution is -0.0205. The molecule has 0 aliphatic heterocycles. The highest BCUT2D eigenvalue weighted by Gasteiger charge is 2.39. The van der Waals surface area contributed by atoms with Crippen LogP contribution in [0.2, 0.25) is 0 Å². The van der Waals surface area contributed by atoms with Gasteiger partial charge in [-0.15, -0.1) is 0 Å². The summed E-state index contributed by atoms with van der Waals surface area (Å²) in [4.78, 5) is 0. The van der Waals surface area contributed by atoms with Crippen molar-refractivity contribution in [2.75, 3.05) is 13.2 Å². The maximum atomic E-state index is 14.5. The summed E-state index contributed by atoms with van der Waals surface area (Å²) in [7, 11) is 0. The number of rotatable bonds is 7. The molecule has 0 spiro atoms. The summed E-state index contributed by atoms with van der Waals surface area (Å²) in [6, 6.07) is 3.00. The van der Waals surface area contributed by atoms with Gasteiger partial charge in [-0.05, 0) is 125 Å². The zero-order valence-electron chi connectivity index (χ0n) is 19.8. The fourth-order valence-electron chi connectivity index (χ4n) is 6.80. The molecule has 178 valence electrons. The van der Waals surface area contributed by atoms with Crippen LogP contribution in [0, 0.1) is 35.3 Å². The molecule has 0 saturated heterocycles. The van der Waals surface area contributed by atoms with Gasteiger partial charge in [0.15, 0.2) is 17.4 Å². The number of allylic oxidation sites excluding steroid dienone is 1. The van der Waals surface area contributed by atoms with Gasteiger partial charge in [-0.1, -0.05) is 12.2 Å². The van der Waals surface area contributed by atoms with E-state index in [0.717, 1.165) is 48.7 Å². The second-order valence-electron chi connectivity index (χ2n) is 10.3. The first-order valence-corrected chi connectivity index (χ1v) is 12.9. The van der Waals surface area contributed by atoms with Gasteiger partial charge >= 0.3 is 0 Å². The van der Waals surface area contributed by atoms with Crippen LogP contribution >= 0.6 is 0 Å². The first-order chi connectivity index (χ1) is 15.6. The zero-order chi connectivity index (χ0) is 22.5. The van der Waals surface area contributed by atoms with E-state index in [1.165, 1.54) is 63.5 Å². The summed E-state index contributed by atoms with van der Waals surface area (Å²) >= 11 is 0. The van der Waals surface area contributed by atoms with Crippen molar-refractivity contribution in [2.45, 2.75) is 90.1 Å². The quantitative estimate of drug-likeness (QED) is 0.398. The Morgan fingerprint density at radius 3 is 2.09 bits per heavy atom. The molecular formula is C28H40F2O2. The Morgan fingerprint density at radius 1 is 0.844 bits per heavy atom. The molecule has 0 aromatic heterocycles. The molecule has 3 aliphatic rings. The summed E-state index contributed by atoms with van der Waals surface area (Å²) in [5.74, 6) is 2.25. The van der Waals surface area contributed by atoms with Gasteiger partial charge in [-0.25, -0.2) is 8.78 Å². The van der Waals surface area contributed by atoms with Crippen LogP contribution in [0.4, 0.5) is 8.78 Å². The first kappa shape index (κ1) is 23.7. The molecule has 0 amide bonds. The average molecular weight is 447 g/mol. The van der Waals surface area contributed by atoms with Crippen LogP contribution in [-0.4, -0.2) is 19.3 Å². The molecule has 4 unspecified atom stereocenters. The predicted octanol–water partition coefficient (Wildman–Crippen LogP) is 7.82. The Kier molecular flexibility index (Phi) is 8.26. The monoisotopic (exact) mass is 446 g/mol. The minimum Gasteiger partial charge on any atom is -0.483 e. The third-order valence-electron chi connectivity index (χ3n) is 8.50. The molecule has 0 radical (unpaired) electrons. The van der Waals surface area contributed by atoms with E-state index in [9.17, 15) is 8.78 Å². The van der Waals surface area contributed by atoms with Gasteiger partial charge in [0, 0.05) is 6.61 Å². The normalized spacial score (nSPS) is 33.2. The van der Waals surface area contributed by atoms with Gasteiger partial charge in [0.2, 0.25) is 0 Å². The molecular weight excluding hydrogens is 406 g/mol. The highest BCUT2D eigenvalue weighted by atomic mass is 19.1. The van der Waals surface area contributed by atoms with Crippen LogP contribution < -0.4 is 4.74 Å². The van der Waals surface area contributed by atoms with E-state index in [0.29, 0.717) is 6.10 Å². The minimum absolute atomic E-state index is 0.185. The summed E-state index contributed by atoms with van der Waals surface area (Å²) in [6.07, 6.45) is 16.5. The molecule has 3 saturated carbocycles. The lowest BCUT2D eigenvalue weighted by atomic mass is 9.62. The molecule has 4 atom stereocenters. The largest absolute Gasteiger partial charge is 0.483 e. The molecule has 0 heterocycles. The van der Waals surface area contributed by atoms with Crippen LogP contribution in [0.1, 0.15) is 89.5 Å². The molecule has 0 N–H and O–H groups in total. The van der Waals surface area contributed by atoms with Crippen molar-refractivity contribution in [2.24, 2.45) is 23.7 Å². The van der Waals surface area contributed by atoms with E-state index in [4.69, 9.17) is 9.47 Å². The third kappa shape index (κ3) is 5.55. The van der Waals surface area contributed by atoms with Crippen LogP contribution in [0.25, 0.3) is 0 Å². The lowest BCUT2D eigenvalue weighted by Gasteiger charge is -2.45. The number of hydrogen-bond donors (Lipinski definition) is 0. The number of hydrogen-bond acceptors (Lipinski definition) is 2. The molecule has 1 aromatic rings. The van der Waals surface area contributed by atoms with Crippen LogP contribution in [0.5, 0.6) is 5.75 Å². The van der Waals surface area contributed by atoms with Gasteiger partial charge in [-0.2, -0.15) is 0 Å². The number of benzene rings is 1. The Labute approximate surface area is 192 Å². The molecule has 3 fully saturated rings. The predicted molar refractivity (Wildman–Crippen MR) is 125 cm³/mol. The van der Waals surface area contributed by atoms with Gasteiger partial charge in [-0.3, -0.25) is 0 Å². The van der Waals surface area contributed by atoms with Crippen LogP contribution in [-0.2, 0) is 4.74 Å². The maximum absolute atomic E-state index is 14.5. The molecule has 0 bridgehead atoms. The Morgan fingerprint density at radius 2 is 1.44 bits per heavy atom. The van der Waals surface area contributed by atoms with Gasteiger partial charge in [0.1, 0.15) is 6.61 Å². The smallest absolute Gasteiger partial charge is 0.191 e. The van der Waals surface area contributed by atoms with Crippen molar-refractivity contribution in [3.05, 3.63) is 41.5 Å². The topological polar surface area (TPSA) is 18.5 Å². The highest BCUT2D eigenvalue weighted by Crippen LogP contribution is 2.49. The second kappa shape index (κ2) is 11.1. The molecule has 1 aromatic carbocycles.